The SMILES string of the molecule is COC1=C(C)C(=O)O/C1=C1/O[C@H]2CC=C[C@H]2[C@@H]1C. The van der Waals surface area contributed by atoms with E-state index >= 15 is 0 Å². The number of allylic oxidation sites excluding steroid dienone is 1. The largest absolute Gasteiger partial charge is 0.492 e. The van der Waals surface area contributed by atoms with Crippen LogP contribution < -0.4 is 0 Å². The Balaban J connectivity index is 2.02. The first-order valence-corrected chi connectivity index (χ1v) is 6.18. The van der Waals surface area contributed by atoms with Crippen LogP contribution in [0.4, 0.5) is 0 Å². The molecule has 96 valence electrons. The van der Waals surface area contributed by atoms with E-state index in [4.69, 9.17) is 14.2 Å². The first kappa shape index (κ1) is 11.4. The lowest BCUT2D eigenvalue weighted by Gasteiger charge is -2.11. The van der Waals surface area contributed by atoms with Gasteiger partial charge in [0.25, 0.3) is 0 Å². The van der Waals surface area contributed by atoms with Crippen molar-refractivity contribution in [1.29, 1.82) is 0 Å². The van der Waals surface area contributed by atoms with E-state index in [0.29, 0.717) is 23.0 Å². The quantitative estimate of drug-likeness (QED) is 0.527. The molecule has 0 radical (unpaired) electrons. The van der Waals surface area contributed by atoms with E-state index in [1.54, 1.807) is 14.0 Å². The van der Waals surface area contributed by atoms with Crippen molar-refractivity contribution in [1.82, 2.24) is 0 Å². The summed E-state index contributed by atoms with van der Waals surface area (Å²) in [7, 11) is 1.54. The van der Waals surface area contributed by atoms with Crippen LogP contribution in [0, 0.1) is 11.8 Å². The zero-order valence-electron chi connectivity index (χ0n) is 10.7. The summed E-state index contributed by atoms with van der Waals surface area (Å²) < 4.78 is 16.5. The van der Waals surface area contributed by atoms with Gasteiger partial charge in [-0.25, -0.2) is 4.79 Å². The molecule has 0 bridgehead atoms. The highest BCUT2D eigenvalue weighted by molar-refractivity contribution is 5.93. The predicted octanol–water partition coefficient (Wildman–Crippen LogP) is 2.29. The molecule has 0 aromatic heterocycles. The van der Waals surface area contributed by atoms with Crippen LogP contribution in [0.2, 0.25) is 0 Å². The van der Waals surface area contributed by atoms with Crippen molar-refractivity contribution in [3.8, 4) is 0 Å². The maximum Gasteiger partial charge on any atom is 0.343 e. The number of carbonyl (C=O) groups excluding carboxylic acids is 1. The third kappa shape index (κ3) is 1.41. The molecule has 3 aliphatic rings. The Labute approximate surface area is 106 Å². The van der Waals surface area contributed by atoms with Gasteiger partial charge in [0.2, 0.25) is 5.76 Å². The minimum Gasteiger partial charge on any atom is -0.492 e. The maximum atomic E-state index is 11.6. The van der Waals surface area contributed by atoms with Crippen LogP contribution >= 0.6 is 0 Å². The van der Waals surface area contributed by atoms with E-state index in [9.17, 15) is 4.79 Å². The summed E-state index contributed by atoms with van der Waals surface area (Å²) >= 11 is 0. The van der Waals surface area contributed by atoms with Gasteiger partial charge in [0.1, 0.15) is 11.9 Å². The van der Waals surface area contributed by atoms with E-state index in [1.165, 1.54) is 0 Å². The van der Waals surface area contributed by atoms with E-state index in [0.717, 1.165) is 12.2 Å². The third-order valence-electron chi connectivity index (χ3n) is 3.90. The Kier molecular flexibility index (Phi) is 2.47. The van der Waals surface area contributed by atoms with Gasteiger partial charge in [-0.15, -0.1) is 0 Å². The van der Waals surface area contributed by atoms with E-state index in [2.05, 4.69) is 19.1 Å². The summed E-state index contributed by atoms with van der Waals surface area (Å²) in [6, 6.07) is 0. The second-order valence-electron chi connectivity index (χ2n) is 4.93. The Morgan fingerprint density at radius 3 is 2.89 bits per heavy atom. The summed E-state index contributed by atoms with van der Waals surface area (Å²) in [6.07, 6.45) is 5.43. The molecule has 2 aliphatic heterocycles. The molecule has 1 aliphatic carbocycles. The smallest absolute Gasteiger partial charge is 0.343 e. The lowest BCUT2D eigenvalue weighted by Crippen LogP contribution is -2.11. The molecule has 4 nitrogen and oxygen atoms in total. The third-order valence-corrected chi connectivity index (χ3v) is 3.90. The number of esters is 1. The maximum absolute atomic E-state index is 11.6. The highest BCUT2D eigenvalue weighted by atomic mass is 16.6. The van der Waals surface area contributed by atoms with Gasteiger partial charge < -0.3 is 14.2 Å². The highest BCUT2D eigenvalue weighted by Gasteiger charge is 2.44. The molecule has 2 heterocycles. The molecule has 1 fully saturated rings. The molecule has 18 heavy (non-hydrogen) atoms. The molecule has 4 heteroatoms. The summed E-state index contributed by atoms with van der Waals surface area (Å²) in [4.78, 5) is 11.6. The van der Waals surface area contributed by atoms with Crippen LogP contribution in [-0.4, -0.2) is 19.2 Å². The molecule has 0 aromatic rings. The normalized spacial score (nSPS) is 37.9. The number of hydrogen-bond donors (Lipinski definition) is 0. The first-order valence-electron chi connectivity index (χ1n) is 6.18. The Bertz CT molecular complexity index is 498. The fourth-order valence-corrected chi connectivity index (χ4v) is 2.86. The summed E-state index contributed by atoms with van der Waals surface area (Å²) in [5.41, 5.74) is 0.503. The fraction of sp³-hybridized carbons (Fsp3) is 0.500. The van der Waals surface area contributed by atoms with Crippen molar-refractivity contribution >= 4 is 5.97 Å². The van der Waals surface area contributed by atoms with Crippen LogP contribution in [0.25, 0.3) is 0 Å². The number of rotatable bonds is 1. The molecule has 0 aromatic carbocycles. The number of fused-ring (bicyclic) bond motifs is 1. The molecule has 3 atom stereocenters. The second kappa shape index (κ2) is 3.90. The number of ether oxygens (including phenoxy) is 3. The van der Waals surface area contributed by atoms with Crippen molar-refractivity contribution < 1.29 is 19.0 Å². The number of carbonyl (C=O) groups is 1. The summed E-state index contributed by atoms with van der Waals surface area (Å²) in [5, 5.41) is 0. The molecular weight excluding hydrogens is 232 g/mol. The number of cyclic esters (lactones) is 1. The van der Waals surface area contributed by atoms with E-state index in [1.807, 2.05) is 0 Å². The van der Waals surface area contributed by atoms with E-state index < -0.39 is 0 Å². The number of methoxy groups -OCH3 is 1. The standard InChI is InChI=1S/C14H16O4/c1-7-9-5-4-6-10(9)17-12(7)13-11(16-3)8(2)14(15)18-13/h4-5,7,9-10H,6H2,1-3H3/b13-12+/t7-,9-,10-/m0/s1. The molecular formula is C14H16O4. The molecule has 0 N–H and O–H groups in total. The van der Waals surface area contributed by atoms with Crippen molar-refractivity contribution in [2.75, 3.05) is 7.11 Å². The predicted molar refractivity (Wildman–Crippen MR) is 64.1 cm³/mol. The van der Waals surface area contributed by atoms with Crippen molar-refractivity contribution in [2.45, 2.75) is 26.4 Å². The molecule has 0 amide bonds. The molecule has 0 unspecified atom stereocenters. The lowest BCUT2D eigenvalue weighted by molar-refractivity contribution is -0.133. The highest BCUT2D eigenvalue weighted by Crippen LogP contribution is 2.45. The monoisotopic (exact) mass is 248 g/mol. The lowest BCUT2D eigenvalue weighted by atomic mass is 9.93. The number of hydrogen-bond acceptors (Lipinski definition) is 4. The Morgan fingerprint density at radius 2 is 2.22 bits per heavy atom. The van der Waals surface area contributed by atoms with Crippen LogP contribution in [0.5, 0.6) is 0 Å². The van der Waals surface area contributed by atoms with Crippen molar-refractivity contribution in [3.05, 3.63) is 35.0 Å². The average molecular weight is 248 g/mol. The van der Waals surface area contributed by atoms with Crippen LogP contribution in [0.3, 0.4) is 0 Å². The van der Waals surface area contributed by atoms with Gasteiger partial charge in [0, 0.05) is 18.3 Å². The van der Waals surface area contributed by atoms with Crippen molar-refractivity contribution in [2.24, 2.45) is 11.8 Å². The van der Waals surface area contributed by atoms with E-state index in [-0.39, 0.29) is 18.0 Å². The first-order chi connectivity index (χ1) is 8.63. The van der Waals surface area contributed by atoms with Crippen LogP contribution in [0.1, 0.15) is 20.3 Å². The minimum atomic E-state index is -0.349. The van der Waals surface area contributed by atoms with Gasteiger partial charge >= 0.3 is 5.97 Å². The molecule has 0 saturated carbocycles. The zero-order chi connectivity index (χ0) is 12.9. The molecule has 1 saturated heterocycles. The van der Waals surface area contributed by atoms with Crippen LogP contribution in [0.15, 0.2) is 35.0 Å². The zero-order valence-corrected chi connectivity index (χ0v) is 10.7. The molecule has 3 rings (SSSR count). The van der Waals surface area contributed by atoms with Gasteiger partial charge in [-0.05, 0) is 6.92 Å². The topological polar surface area (TPSA) is 44.8 Å². The Morgan fingerprint density at radius 1 is 1.44 bits per heavy atom. The van der Waals surface area contributed by atoms with Crippen molar-refractivity contribution in [3.63, 3.8) is 0 Å². The fourth-order valence-electron chi connectivity index (χ4n) is 2.86. The van der Waals surface area contributed by atoms with Crippen LogP contribution in [-0.2, 0) is 19.0 Å². The summed E-state index contributed by atoms with van der Waals surface area (Å²) in [5.74, 6) is 1.97. The minimum absolute atomic E-state index is 0.181. The molecule has 0 spiro atoms. The van der Waals surface area contributed by atoms with Gasteiger partial charge in [0.15, 0.2) is 5.76 Å². The van der Waals surface area contributed by atoms with Gasteiger partial charge in [-0.2, -0.15) is 0 Å². The van der Waals surface area contributed by atoms with Gasteiger partial charge in [0.05, 0.1) is 12.7 Å². The van der Waals surface area contributed by atoms with Gasteiger partial charge in [-0.1, -0.05) is 19.1 Å². The average Bonchev–Trinajstić information content (AvgIpc) is 2.98. The Hall–Kier alpha value is -1.71. The summed E-state index contributed by atoms with van der Waals surface area (Å²) in [6.45, 7) is 3.80. The second-order valence-corrected chi connectivity index (χ2v) is 4.93. The van der Waals surface area contributed by atoms with Gasteiger partial charge in [-0.3, -0.25) is 0 Å².